The van der Waals surface area contributed by atoms with Crippen molar-refractivity contribution in [1.29, 1.82) is 0 Å². The van der Waals surface area contributed by atoms with E-state index < -0.39 is 50.0 Å². The van der Waals surface area contributed by atoms with E-state index in [1.165, 1.54) is 19.1 Å². The van der Waals surface area contributed by atoms with Gasteiger partial charge in [-0.05, 0) is 61.2 Å². The highest BCUT2D eigenvalue weighted by Gasteiger charge is 2.35. The van der Waals surface area contributed by atoms with Crippen LogP contribution in [0.15, 0.2) is 38.4 Å². The fraction of sp³-hybridized carbons (Fsp3) is 0.286. The molecular weight excluding hydrogens is 477 g/mol. The van der Waals surface area contributed by atoms with Gasteiger partial charge in [-0.3, -0.25) is 0 Å². The highest BCUT2D eigenvalue weighted by molar-refractivity contribution is 7.89. The van der Waals surface area contributed by atoms with Gasteiger partial charge in [0.15, 0.2) is 0 Å². The number of nitrogens with zero attached hydrogens (tertiary/aromatic N) is 1. The summed E-state index contributed by atoms with van der Waals surface area (Å²) in [4.78, 5) is 22.8. The number of hydrogen-bond acceptors (Lipinski definition) is 6. The number of carboxylic acids is 1. The first-order valence-electron chi connectivity index (χ1n) is 9.70. The quantitative estimate of drug-likeness (QED) is 0.452. The Morgan fingerprint density at radius 3 is 2.48 bits per heavy atom. The van der Waals surface area contributed by atoms with Gasteiger partial charge in [0.1, 0.15) is 11.9 Å². The number of nitrogens with one attached hydrogen (secondary N) is 2. The monoisotopic (exact) mass is 497 g/mol. The SMILES string of the molecule is Cc1ccc(F)c([C@@H](C)[C@H](NS(=O)(=O)c2c(C)cc(Cl)cc2C(=O)O)c2n[nH]c(=O)o2)c1C. The molecule has 9 nitrogen and oxygen atoms in total. The van der Waals surface area contributed by atoms with Crippen molar-refractivity contribution >= 4 is 27.6 Å². The van der Waals surface area contributed by atoms with Crippen molar-refractivity contribution in [3.63, 3.8) is 0 Å². The number of halogens is 2. The number of aromatic amines is 1. The van der Waals surface area contributed by atoms with E-state index in [9.17, 15) is 27.5 Å². The van der Waals surface area contributed by atoms with E-state index in [2.05, 4.69) is 14.9 Å². The molecule has 176 valence electrons. The van der Waals surface area contributed by atoms with Crippen LogP contribution in [0, 0.1) is 26.6 Å². The van der Waals surface area contributed by atoms with Crippen molar-refractivity contribution in [2.24, 2.45) is 0 Å². The normalized spacial score (nSPS) is 13.6. The van der Waals surface area contributed by atoms with Gasteiger partial charge in [0.2, 0.25) is 15.9 Å². The highest BCUT2D eigenvalue weighted by atomic mass is 35.5. The number of H-pyrrole nitrogens is 1. The molecule has 0 amide bonds. The first-order valence-corrected chi connectivity index (χ1v) is 11.6. The molecule has 33 heavy (non-hydrogen) atoms. The summed E-state index contributed by atoms with van der Waals surface area (Å²) in [5.41, 5.74) is 1.09. The molecule has 0 aliphatic heterocycles. The predicted octanol–water partition coefficient (Wildman–Crippen LogP) is 3.60. The van der Waals surface area contributed by atoms with Crippen molar-refractivity contribution in [3.8, 4) is 0 Å². The summed E-state index contributed by atoms with van der Waals surface area (Å²) in [7, 11) is -4.54. The summed E-state index contributed by atoms with van der Waals surface area (Å²) in [6.45, 7) is 6.39. The summed E-state index contributed by atoms with van der Waals surface area (Å²) < 4.78 is 48.9. The third-order valence-corrected chi connectivity index (χ3v) is 7.29. The van der Waals surface area contributed by atoms with Gasteiger partial charge in [-0.25, -0.2) is 27.5 Å². The van der Waals surface area contributed by atoms with Gasteiger partial charge < -0.3 is 9.52 Å². The Morgan fingerprint density at radius 1 is 1.24 bits per heavy atom. The van der Waals surface area contributed by atoms with E-state index in [0.29, 0.717) is 5.56 Å². The van der Waals surface area contributed by atoms with Crippen LogP contribution in [0.1, 0.15) is 57.4 Å². The summed E-state index contributed by atoms with van der Waals surface area (Å²) in [5.74, 6) is -4.25. The third kappa shape index (κ3) is 4.85. The van der Waals surface area contributed by atoms with Gasteiger partial charge in [-0.2, -0.15) is 4.72 Å². The molecule has 2 aromatic carbocycles. The van der Waals surface area contributed by atoms with E-state index in [4.69, 9.17) is 16.0 Å². The number of aromatic nitrogens is 2. The number of aromatic carboxylic acids is 1. The molecule has 3 rings (SSSR count). The van der Waals surface area contributed by atoms with Crippen molar-refractivity contribution in [2.45, 2.75) is 44.6 Å². The third-order valence-electron chi connectivity index (χ3n) is 5.43. The Morgan fingerprint density at radius 2 is 1.91 bits per heavy atom. The molecule has 0 radical (unpaired) electrons. The van der Waals surface area contributed by atoms with Crippen LogP contribution in [-0.4, -0.2) is 29.7 Å². The van der Waals surface area contributed by atoms with Gasteiger partial charge >= 0.3 is 11.7 Å². The minimum atomic E-state index is -4.54. The van der Waals surface area contributed by atoms with E-state index in [-0.39, 0.29) is 22.0 Å². The van der Waals surface area contributed by atoms with Crippen LogP contribution in [0.2, 0.25) is 5.02 Å². The molecule has 1 heterocycles. The van der Waals surface area contributed by atoms with Gasteiger partial charge in [0.05, 0.1) is 10.5 Å². The first-order chi connectivity index (χ1) is 15.3. The van der Waals surface area contributed by atoms with Crippen LogP contribution in [0.5, 0.6) is 0 Å². The predicted molar refractivity (Wildman–Crippen MR) is 118 cm³/mol. The second-order valence-electron chi connectivity index (χ2n) is 7.65. The van der Waals surface area contributed by atoms with E-state index in [0.717, 1.165) is 11.6 Å². The smallest absolute Gasteiger partial charge is 0.434 e. The molecule has 0 bridgehead atoms. The van der Waals surface area contributed by atoms with Crippen molar-refractivity contribution < 1.29 is 27.1 Å². The zero-order valence-electron chi connectivity index (χ0n) is 18.1. The van der Waals surface area contributed by atoms with Crippen molar-refractivity contribution in [3.05, 3.63) is 79.4 Å². The average Bonchev–Trinajstić information content (AvgIpc) is 3.14. The first kappa shape index (κ1) is 24.6. The highest BCUT2D eigenvalue weighted by Crippen LogP contribution is 2.36. The molecule has 0 saturated carbocycles. The zero-order valence-corrected chi connectivity index (χ0v) is 19.6. The molecule has 3 aromatic rings. The molecule has 3 N–H and O–H groups in total. The minimum Gasteiger partial charge on any atom is -0.478 e. The van der Waals surface area contributed by atoms with Gasteiger partial charge in [0, 0.05) is 10.9 Å². The average molecular weight is 498 g/mol. The van der Waals surface area contributed by atoms with Crippen molar-refractivity contribution in [2.75, 3.05) is 0 Å². The van der Waals surface area contributed by atoms with E-state index in [1.807, 2.05) is 0 Å². The number of carboxylic acid groups (broad SMARTS) is 1. The van der Waals surface area contributed by atoms with Gasteiger partial charge in [0.25, 0.3) is 0 Å². The summed E-state index contributed by atoms with van der Waals surface area (Å²) in [5, 5.41) is 15.4. The van der Waals surface area contributed by atoms with Crippen LogP contribution < -0.4 is 10.5 Å². The fourth-order valence-corrected chi connectivity index (χ4v) is 5.69. The van der Waals surface area contributed by atoms with E-state index in [1.54, 1.807) is 26.8 Å². The lowest BCUT2D eigenvalue weighted by Crippen LogP contribution is -2.34. The number of rotatable bonds is 7. The fourth-order valence-electron chi connectivity index (χ4n) is 3.74. The van der Waals surface area contributed by atoms with Gasteiger partial charge in [-0.15, -0.1) is 5.10 Å². The lowest BCUT2D eigenvalue weighted by Gasteiger charge is -2.25. The van der Waals surface area contributed by atoms with E-state index >= 15 is 0 Å². The second-order valence-corrected chi connectivity index (χ2v) is 9.73. The van der Waals surface area contributed by atoms with Crippen LogP contribution in [0.3, 0.4) is 0 Å². The Hall–Kier alpha value is -3.02. The van der Waals surface area contributed by atoms with Crippen molar-refractivity contribution in [1.82, 2.24) is 14.9 Å². The molecule has 0 aliphatic carbocycles. The summed E-state index contributed by atoms with van der Waals surface area (Å²) in [6, 6.07) is 3.82. The molecule has 0 aliphatic rings. The Kier molecular flexibility index (Phi) is 6.78. The van der Waals surface area contributed by atoms with Crippen LogP contribution in [0.25, 0.3) is 0 Å². The maximum Gasteiger partial charge on any atom is 0.434 e. The zero-order chi connectivity index (χ0) is 24.7. The maximum atomic E-state index is 14.8. The lowest BCUT2D eigenvalue weighted by atomic mass is 9.88. The Labute approximate surface area is 193 Å². The molecule has 12 heteroatoms. The number of carbonyl (C=O) groups is 1. The Balaban J connectivity index is 2.19. The number of sulfonamides is 1. The number of hydrogen-bond donors (Lipinski definition) is 3. The molecule has 0 unspecified atom stereocenters. The molecule has 1 aromatic heterocycles. The summed E-state index contributed by atoms with van der Waals surface area (Å²) in [6.07, 6.45) is 0. The van der Waals surface area contributed by atoms with Crippen LogP contribution in [-0.2, 0) is 10.0 Å². The molecule has 0 fully saturated rings. The second kappa shape index (κ2) is 9.08. The van der Waals surface area contributed by atoms with Crippen LogP contribution in [0.4, 0.5) is 4.39 Å². The maximum absolute atomic E-state index is 14.8. The lowest BCUT2D eigenvalue weighted by molar-refractivity contribution is 0.0692. The molecular formula is C21H21ClFN3O6S. The van der Waals surface area contributed by atoms with Gasteiger partial charge in [-0.1, -0.05) is 24.6 Å². The number of aryl methyl sites for hydroxylation is 2. The van der Waals surface area contributed by atoms with Crippen LogP contribution >= 0.6 is 11.6 Å². The minimum absolute atomic E-state index is 0.0459. The standard InChI is InChI=1S/C21H21ClFN3O6S/c1-9-5-6-15(23)16(11(9)3)12(4)17(19-24-25-21(29)32-19)26-33(30,31)18-10(2)7-13(22)8-14(18)20(27)28/h5-8,12,17,26H,1-4H3,(H,25,29)(H,27,28)/t12-,17+/m1/s1. The summed E-state index contributed by atoms with van der Waals surface area (Å²) >= 11 is 5.92. The molecule has 0 spiro atoms. The number of benzene rings is 2. The molecule has 0 saturated heterocycles. The molecule has 2 atom stereocenters. The largest absolute Gasteiger partial charge is 0.478 e. The topological polar surface area (TPSA) is 142 Å². The Bertz CT molecular complexity index is 1400.